The third kappa shape index (κ3) is 2.62. The van der Waals surface area contributed by atoms with E-state index in [2.05, 4.69) is 15.0 Å². The summed E-state index contributed by atoms with van der Waals surface area (Å²) in [4.78, 5) is 14.0. The van der Waals surface area contributed by atoms with Crippen LogP contribution in [0.1, 0.15) is 17.2 Å². The fourth-order valence-electron chi connectivity index (χ4n) is 2.38. The summed E-state index contributed by atoms with van der Waals surface area (Å²) in [6.45, 7) is 3.90. The maximum atomic E-state index is 5.69. The Morgan fingerprint density at radius 3 is 2.48 bits per heavy atom. The van der Waals surface area contributed by atoms with E-state index in [0.717, 1.165) is 28.2 Å². The maximum Gasteiger partial charge on any atom is 0.236 e. The highest BCUT2D eigenvalue weighted by Gasteiger charge is 2.15. The van der Waals surface area contributed by atoms with Gasteiger partial charge in [0.2, 0.25) is 5.95 Å². The highest BCUT2D eigenvalue weighted by molar-refractivity contribution is 7.80. The Labute approximate surface area is 127 Å². The normalized spacial score (nSPS) is 11.0. The molecule has 0 aliphatic carbocycles. The van der Waals surface area contributed by atoms with Crippen LogP contribution in [-0.4, -0.2) is 24.5 Å². The van der Waals surface area contributed by atoms with Gasteiger partial charge < -0.3 is 5.73 Å². The van der Waals surface area contributed by atoms with Crippen LogP contribution in [0.3, 0.4) is 0 Å². The number of benzene rings is 1. The molecular weight excluding hydrogens is 282 g/mol. The van der Waals surface area contributed by atoms with Crippen LogP contribution in [0.5, 0.6) is 0 Å². The molecule has 0 bridgehead atoms. The van der Waals surface area contributed by atoms with E-state index in [9.17, 15) is 0 Å². The average Bonchev–Trinajstić information content (AvgIpc) is 2.74. The Morgan fingerprint density at radius 1 is 1.14 bits per heavy atom. The summed E-state index contributed by atoms with van der Waals surface area (Å²) < 4.78 is 1.93. The monoisotopic (exact) mass is 297 g/mol. The first-order chi connectivity index (χ1) is 10.0. The lowest BCUT2D eigenvalue weighted by Crippen LogP contribution is -2.16. The van der Waals surface area contributed by atoms with E-state index in [1.54, 1.807) is 0 Å². The second kappa shape index (κ2) is 5.21. The molecule has 0 atom stereocenters. The number of nitrogens with zero attached hydrogens (tertiary/aromatic N) is 4. The number of imidazole rings is 1. The highest BCUT2D eigenvalue weighted by Crippen LogP contribution is 2.20. The number of fused-ring (bicyclic) bond motifs is 1. The maximum absolute atomic E-state index is 5.69. The second-order valence-electron chi connectivity index (χ2n) is 4.95. The van der Waals surface area contributed by atoms with Gasteiger partial charge in [-0.25, -0.2) is 15.0 Å². The van der Waals surface area contributed by atoms with Crippen molar-refractivity contribution < 1.29 is 0 Å². The van der Waals surface area contributed by atoms with Gasteiger partial charge in [0.25, 0.3) is 0 Å². The molecule has 0 aliphatic heterocycles. The van der Waals surface area contributed by atoms with Crippen LogP contribution >= 0.6 is 12.2 Å². The molecule has 2 heterocycles. The predicted molar refractivity (Wildman–Crippen MR) is 86.6 cm³/mol. The predicted octanol–water partition coefficient (Wildman–Crippen LogP) is 2.26. The SMILES string of the molecule is Cc1cc(C)nc(-n2c(CC(N)=S)nc3ccccc32)n1. The molecule has 5 nitrogen and oxygen atoms in total. The molecule has 0 radical (unpaired) electrons. The summed E-state index contributed by atoms with van der Waals surface area (Å²) in [7, 11) is 0. The van der Waals surface area contributed by atoms with Crippen LogP contribution < -0.4 is 5.73 Å². The number of nitrogens with two attached hydrogens (primary N) is 1. The summed E-state index contributed by atoms with van der Waals surface area (Å²) >= 11 is 5.03. The number of rotatable bonds is 3. The second-order valence-corrected chi connectivity index (χ2v) is 5.47. The lowest BCUT2D eigenvalue weighted by atomic mass is 10.3. The molecule has 0 saturated carbocycles. The van der Waals surface area contributed by atoms with E-state index < -0.39 is 0 Å². The van der Waals surface area contributed by atoms with Crippen molar-refractivity contribution in [3.63, 3.8) is 0 Å². The summed E-state index contributed by atoms with van der Waals surface area (Å²) in [5.74, 6) is 1.36. The average molecular weight is 297 g/mol. The number of aromatic nitrogens is 4. The Hall–Kier alpha value is -2.34. The fraction of sp³-hybridized carbons (Fsp3) is 0.200. The largest absolute Gasteiger partial charge is 0.393 e. The quantitative estimate of drug-likeness (QED) is 0.751. The van der Waals surface area contributed by atoms with Crippen molar-refractivity contribution in [1.29, 1.82) is 0 Å². The van der Waals surface area contributed by atoms with Crippen LogP contribution in [-0.2, 0) is 6.42 Å². The minimum Gasteiger partial charge on any atom is -0.393 e. The molecule has 0 saturated heterocycles. The standard InChI is InChI=1S/C15H15N5S/c1-9-7-10(2)18-15(17-9)20-12-6-4-3-5-11(12)19-14(20)8-13(16)21/h3-7H,8H2,1-2H3,(H2,16,21). The van der Waals surface area contributed by atoms with E-state index >= 15 is 0 Å². The minimum atomic E-state index is 0.399. The Bertz CT molecular complexity index is 817. The molecule has 1 aromatic carbocycles. The molecule has 0 unspecified atom stereocenters. The molecule has 0 spiro atoms. The van der Waals surface area contributed by atoms with Crippen LogP contribution in [0.2, 0.25) is 0 Å². The lowest BCUT2D eigenvalue weighted by molar-refractivity contribution is 0.865. The van der Waals surface area contributed by atoms with Gasteiger partial charge in [-0.1, -0.05) is 24.4 Å². The van der Waals surface area contributed by atoms with Crippen molar-refractivity contribution in [2.75, 3.05) is 0 Å². The van der Waals surface area contributed by atoms with Crippen molar-refractivity contribution in [3.05, 3.63) is 47.5 Å². The zero-order chi connectivity index (χ0) is 15.0. The molecular formula is C15H15N5S. The van der Waals surface area contributed by atoms with Gasteiger partial charge in [0.05, 0.1) is 22.4 Å². The van der Waals surface area contributed by atoms with Crippen LogP contribution in [0, 0.1) is 13.8 Å². The van der Waals surface area contributed by atoms with Gasteiger partial charge in [-0.3, -0.25) is 4.57 Å². The molecule has 106 valence electrons. The first-order valence-electron chi connectivity index (χ1n) is 6.62. The van der Waals surface area contributed by atoms with Gasteiger partial charge in [-0.05, 0) is 32.0 Å². The minimum absolute atomic E-state index is 0.399. The number of hydrogen-bond donors (Lipinski definition) is 1. The molecule has 0 fully saturated rings. The number of thiocarbonyl (C=S) groups is 1. The molecule has 21 heavy (non-hydrogen) atoms. The van der Waals surface area contributed by atoms with Crippen molar-refractivity contribution in [2.45, 2.75) is 20.3 Å². The third-order valence-electron chi connectivity index (χ3n) is 3.13. The number of aryl methyl sites for hydroxylation is 2. The van der Waals surface area contributed by atoms with E-state index in [4.69, 9.17) is 18.0 Å². The Morgan fingerprint density at radius 2 is 1.81 bits per heavy atom. The zero-order valence-electron chi connectivity index (χ0n) is 11.9. The number of hydrogen-bond acceptors (Lipinski definition) is 4. The zero-order valence-corrected chi connectivity index (χ0v) is 12.7. The summed E-state index contributed by atoms with van der Waals surface area (Å²) in [6, 6.07) is 9.81. The first kappa shape index (κ1) is 13.6. The molecule has 0 amide bonds. The van der Waals surface area contributed by atoms with Crippen LogP contribution in [0.15, 0.2) is 30.3 Å². The molecule has 0 aliphatic rings. The van der Waals surface area contributed by atoms with Crippen LogP contribution in [0.4, 0.5) is 0 Å². The van der Waals surface area contributed by atoms with E-state index in [1.165, 1.54) is 0 Å². The molecule has 2 aromatic heterocycles. The summed E-state index contributed by atoms with van der Waals surface area (Å²) in [6.07, 6.45) is 0.417. The topological polar surface area (TPSA) is 69.6 Å². The number of para-hydroxylation sites is 2. The summed E-state index contributed by atoms with van der Waals surface area (Å²) in [5, 5.41) is 0. The van der Waals surface area contributed by atoms with E-state index in [-0.39, 0.29) is 0 Å². The lowest BCUT2D eigenvalue weighted by Gasteiger charge is -2.08. The van der Waals surface area contributed by atoms with E-state index in [0.29, 0.717) is 17.4 Å². The van der Waals surface area contributed by atoms with Gasteiger partial charge in [-0.15, -0.1) is 0 Å². The molecule has 2 N–H and O–H groups in total. The molecule has 3 aromatic rings. The van der Waals surface area contributed by atoms with Gasteiger partial charge >= 0.3 is 0 Å². The third-order valence-corrected chi connectivity index (χ3v) is 3.28. The summed E-state index contributed by atoms with van der Waals surface area (Å²) in [5.41, 5.74) is 9.35. The van der Waals surface area contributed by atoms with Crippen molar-refractivity contribution in [2.24, 2.45) is 5.73 Å². The Kier molecular flexibility index (Phi) is 3.39. The van der Waals surface area contributed by atoms with E-state index in [1.807, 2.05) is 48.7 Å². The van der Waals surface area contributed by atoms with Gasteiger partial charge in [0.1, 0.15) is 5.82 Å². The van der Waals surface area contributed by atoms with Gasteiger partial charge in [0.15, 0.2) is 0 Å². The molecule has 3 rings (SSSR count). The van der Waals surface area contributed by atoms with Crippen LogP contribution in [0.25, 0.3) is 17.0 Å². The van der Waals surface area contributed by atoms with Crippen molar-refractivity contribution in [1.82, 2.24) is 19.5 Å². The van der Waals surface area contributed by atoms with Gasteiger partial charge in [-0.2, -0.15) is 0 Å². The smallest absolute Gasteiger partial charge is 0.236 e. The highest BCUT2D eigenvalue weighted by atomic mass is 32.1. The molecule has 6 heteroatoms. The van der Waals surface area contributed by atoms with Gasteiger partial charge in [0, 0.05) is 11.4 Å². The van der Waals surface area contributed by atoms with Crippen molar-refractivity contribution in [3.8, 4) is 5.95 Å². The Balaban J connectivity index is 2.30. The van der Waals surface area contributed by atoms with Crippen molar-refractivity contribution >= 4 is 28.2 Å². The first-order valence-corrected chi connectivity index (χ1v) is 7.03. The fourth-order valence-corrected chi connectivity index (χ4v) is 2.51.